The van der Waals surface area contributed by atoms with E-state index < -0.39 is 0 Å². The van der Waals surface area contributed by atoms with Crippen LogP contribution < -0.4 is 10.9 Å². The first-order valence-corrected chi connectivity index (χ1v) is 11.8. The van der Waals surface area contributed by atoms with Crippen LogP contribution in [-0.2, 0) is 11.2 Å². The third kappa shape index (κ3) is 4.43. The van der Waals surface area contributed by atoms with Gasteiger partial charge in [0.1, 0.15) is 0 Å². The van der Waals surface area contributed by atoms with E-state index in [4.69, 9.17) is 16.6 Å². The highest BCUT2D eigenvalue weighted by molar-refractivity contribution is 8.00. The molecule has 1 aliphatic rings. The van der Waals surface area contributed by atoms with Gasteiger partial charge < -0.3 is 5.32 Å². The van der Waals surface area contributed by atoms with E-state index in [2.05, 4.69) is 5.32 Å². The van der Waals surface area contributed by atoms with E-state index in [1.54, 1.807) is 28.8 Å². The van der Waals surface area contributed by atoms with Crippen LogP contribution in [0.15, 0.2) is 57.3 Å². The van der Waals surface area contributed by atoms with E-state index in [9.17, 15) is 9.59 Å². The number of aryl methyl sites for hydroxylation is 3. The van der Waals surface area contributed by atoms with Gasteiger partial charge in [-0.3, -0.25) is 14.2 Å². The lowest BCUT2D eigenvalue weighted by Gasteiger charge is -2.14. The number of hydrogen-bond donors (Lipinski definition) is 1. The number of amides is 1. The third-order valence-electron chi connectivity index (χ3n) is 4.75. The topological polar surface area (TPSA) is 64.0 Å². The average Bonchev–Trinajstić information content (AvgIpc) is 3.19. The molecule has 0 spiro atoms. The SMILES string of the molecule is Cc1ccc(C)c(NC(=O)CSc2nc3c(c(=O)n2-c2ccc(Cl)cc2)SCC3)c1. The molecule has 0 unspecified atom stereocenters. The van der Waals surface area contributed by atoms with Crippen molar-refractivity contribution in [3.05, 3.63) is 74.7 Å². The molecule has 2 aromatic carbocycles. The Labute approximate surface area is 188 Å². The zero-order chi connectivity index (χ0) is 21.3. The predicted molar refractivity (Wildman–Crippen MR) is 125 cm³/mol. The van der Waals surface area contributed by atoms with E-state index in [1.165, 1.54) is 23.5 Å². The molecule has 0 saturated carbocycles. The number of hydrogen-bond acceptors (Lipinski definition) is 5. The maximum atomic E-state index is 13.1. The monoisotopic (exact) mass is 457 g/mol. The molecule has 0 atom stereocenters. The first-order valence-electron chi connectivity index (χ1n) is 9.47. The molecular formula is C22H20ClN3O2S2. The zero-order valence-corrected chi connectivity index (χ0v) is 19.0. The average molecular weight is 458 g/mol. The summed E-state index contributed by atoms with van der Waals surface area (Å²) >= 11 is 8.81. The fourth-order valence-corrected chi connectivity index (χ4v) is 5.17. The second kappa shape index (κ2) is 8.88. The summed E-state index contributed by atoms with van der Waals surface area (Å²) in [6.45, 7) is 3.95. The van der Waals surface area contributed by atoms with Gasteiger partial charge in [0, 0.05) is 22.9 Å². The Morgan fingerprint density at radius 3 is 2.77 bits per heavy atom. The minimum Gasteiger partial charge on any atom is -0.325 e. The number of rotatable bonds is 5. The first kappa shape index (κ1) is 21.0. The standard InChI is InChI=1S/C22H20ClN3O2S2/c1-13-3-4-14(2)18(11-13)24-19(27)12-30-22-25-17-9-10-29-20(17)21(28)26(22)16-7-5-15(23)6-8-16/h3-8,11H,9-10,12H2,1-2H3,(H,24,27). The Balaban J connectivity index is 1.61. The number of nitrogens with one attached hydrogen (secondary N) is 1. The number of benzene rings is 2. The molecule has 3 aromatic rings. The highest BCUT2D eigenvalue weighted by atomic mass is 35.5. The summed E-state index contributed by atoms with van der Waals surface area (Å²) in [5.74, 6) is 0.860. The molecule has 0 saturated heterocycles. The number of nitrogens with zero attached hydrogens (tertiary/aromatic N) is 2. The molecule has 1 aromatic heterocycles. The normalized spacial score (nSPS) is 12.6. The van der Waals surface area contributed by atoms with Gasteiger partial charge in [-0.25, -0.2) is 4.98 Å². The van der Waals surface area contributed by atoms with Gasteiger partial charge in [-0.05, 0) is 55.3 Å². The smallest absolute Gasteiger partial charge is 0.272 e. The number of aromatic nitrogens is 2. The van der Waals surface area contributed by atoms with Gasteiger partial charge in [-0.2, -0.15) is 0 Å². The molecule has 1 aliphatic heterocycles. The number of anilines is 1. The molecule has 154 valence electrons. The Hall–Kier alpha value is -2.22. The fraction of sp³-hybridized carbons (Fsp3) is 0.227. The number of carbonyl (C=O) groups excluding carboxylic acids is 1. The van der Waals surface area contributed by atoms with E-state index in [0.717, 1.165) is 34.7 Å². The van der Waals surface area contributed by atoms with Crippen molar-refractivity contribution in [1.82, 2.24) is 9.55 Å². The number of halogens is 1. The van der Waals surface area contributed by atoms with Gasteiger partial charge in [-0.1, -0.05) is 35.5 Å². The molecule has 5 nitrogen and oxygen atoms in total. The minimum absolute atomic E-state index is 0.0951. The van der Waals surface area contributed by atoms with E-state index in [0.29, 0.717) is 20.8 Å². The molecule has 2 heterocycles. The van der Waals surface area contributed by atoms with Crippen LogP contribution in [0.5, 0.6) is 0 Å². The van der Waals surface area contributed by atoms with Crippen molar-refractivity contribution in [2.24, 2.45) is 0 Å². The van der Waals surface area contributed by atoms with Crippen LogP contribution in [0.25, 0.3) is 5.69 Å². The van der Waals surface area contributed by atoms with Crippen molar-refractivity contribution < 1.29 is 4.79 Å². The highest BCUT2D eigenvalue weighted by Crippen LogP contribution is 2.30. The molecule has 8 heteroatoms. The lowest BCUT2D eigenvalue weighted by Crippen LogP contribution is -2.24. The van der Waals surface area contributed by atoms with Crippen molar-refractivity contribution in [3.63, 3.8) is 0 Å². The molecule has 30 heavy (non-hydrogen) atoms. The highest BCUT2D eigenvalue weighted by Gasteiger charge is 2.23. The second-order valence-electron chi connectivity index (χ2n) is 7.04. The van der Waals surface area contributed by atoms with E-state index in [-0.39, 0.29) is 17.2 Å². The maximum Gasteiger partial charge on any atom is 0.272 e. The molecular weight excluding hydrogens is 438 g/mol. The molecule has 1 N–H and O–H groups in total. The van der Waals surface area contributed by atoms with Crippen LogP contribution in [-0.4, -0.2) is 27.0 Å². The minimum atomic E-state index is -0.138. The quantitative estimate of drug-likeness (QED) is 0.437. The fourth-order valence-electron chi connectivity index (χ4n) is 3.19. The van der Waals surface area contributed by atoms with E-state index in [1.807, 2.05) is 32.0 Å². The number of thioether (sulfide) groups is 2. The zero-order valence-electron chi connectivity index (χ0n) is 16.6. The number of carbonyl (C=O) groups is 1. The van der Waals surface area contributed by atoms with Crippen molar-refractivity contribution >= 4 is 46.7 Å². The predicted octanol–water partition coefficient (Wildman–Crippen LogP) is 4.88. The van der Waals surface area contributed by atoms with Crippen LogP contribution >= 0.6 is 35.1 Å². The Bertz CT molecular complexity index is 1180. The largest absolute Gasteiger partial charge is 0.325 e. The van der Waals surface area contributed by atoms with Crippen LogP contribution in [0, 0.1) is 13.8 Å². The summed E-state index contributed by atoms with van der Waals surface area (Å²) in [7, 11) is 0. The van der Waals surface area contributed by atoms with Crippen LogP contribution in [0.3, 0.4) is 0 Å². The summed E-state index contributed by atoms with van der Waals surface area (Å²) in [5.41, 5.74) is 4.29. The lowest BCUT2D eigenvalue weighted by molar-refractivity contribution is -0.113. The van der Waals surface area contributed by atoms with Crippen LogP contribution in [0.2, 0.25) is 5.02 Å². The Morgan fingerprint density at radius 1 is 1.23 bits per heavy atom. The van der Waals surface area contributed by atoms with Crippen molar-refractivity contribution in [3.8, 4) is 5.69 Å². The van der Waals surface area contributed by atoms with Crippen LogP contribution in [0.4, 0.5) is 5.69 Å². The molecule has 0 bridgehead atoms. The van der Waals surface area contributed by atoms with Gasteiger partial charge in [0.25, 0.3) is 5.56 Å². The molecule has 4 rings (SSSR count). The summed E-state index contributed by atoms with van der Waals surface area (Å²) < 4.78 is 1.57. The Morgan fingerprint density at radius 2 is 2.00 bits per heavy atom. The summed E-state index contributed by atoms with van der Waals surface area (Å²) in [6, 6.07) is 13.0. The summed E-state index contributed by atoms with van der Waals surface area (Å²) in [6.07, 6.45) is 0.763. The first-order chi connectivity index (χ1) is 14.4. The second-order valence-corrected chi connectivity index (χ2v) is 9.52. The van der Waals surface area contributed by atoms with Gasteiger partial charge in [0.05, 0.1) is 22.0 Å². The van der Waals surface area contributed by atoms with E-state index >= 15 is 0 Å². The lowest BCUT2D eigenvalue weighted by atomic mass is 10.1. The molecule has 0 aliphatic carbocycles. The number of fused-ring (bicyclic) bond motifs is 1. The van der Waals surface area contributed by atoms with Crippen molar-refractivity contribution in [1.29, 1.82) is 0 Å². The molecule has 0 fully saturated rings. The van der Waals surface area contributed by atoms with Crippen molar-refractivity contribution in [2.75, 3.05) is 16.8 Å². The van der Waals surface area contributed by atoms with Gasteiger partial charge in [0.2, 0.25) is 5.91 Å². The van der Waals surface area contributed by atoms with Crippen LogP contribution in [0.1, 0.15) is 16.8 Å². The van der Waals surface area contributed by atoms with Gasteiger partial charge in [-0.15, -0.1) is 11.8 Å². The summed E-state index contributed by atoms with van der Waals surface area (Å²) in [4.78, 5) is 31.1. The maximum absolute atomic E-state index is 13.1. The summed E-state index contributed by atoms with van der Waals surface area (Å²) in [5, 5.41) is 4.07. The van der Waals surface area contributed by atoms with Gasteiger partial charge >= 0.3 is 0 Å². The third-order valence-corrected chi connectivity index (χ3v) is 7.05. The molecule has 0 radical (unpaired) electrons. The van der Waals surface area contributed by atoms with Crippen molar-refractivity contribution in [2.45, 2.75) is 30.3 Å². The molecule has 1 amide bonds. The Kier molecular flexibility index (Phi) is 6.22. The van der Waals surface area contributed by atoms with Gasteiger partial charge in [0.15, 0.2) is 5.16 Å².